The molecular formula is C17H26N2O. The molecule has 1 aliphatic carbocycles. The van der Waals surface area contributed by atoms with E-state index in [9.17, 15) is 4.79 Å². The molecule has 1 N–H and O–H groups in total. The molecule has 1 aromatic carbocycles. The van der Waals surface area contributed by atoms with Crippen LogP contribution in [0, 0.1) is 12.8 Å². The highest BCUT2D eigenvalue weighted by atomic mass is 16.1. The third-order valence-corrected chi connectivity index (χ3v) is 4.37. The van der Waals surface area contributed by atoms with Crippen LogP contribution in [0.1, 0.15) is 48.5 Å². The summed E-state index contributed by atoms with van der Waals surface area (Å²) in [6, 6.07) is 6.27. The Morgan fingerprint density at radius 2 is 1.95 bits per heavy atom. The molecule has 0 heterocycles. The van der Waals surface area contributed by atoms with Crippen LogP contribution in [0.25, 0.3) is 0 Å². The largest absolute Gasteiger partial charge is 0.377 e. The number of rotatable bonds is 3. The van der Waals surface area contributed by atoms with Crippen LogP contribution in [0.2, 0.25) is 0 Å². The van der Waals surface area contributed by atoms with Crippen molar-refractivity contribution in [2.75, 3.05) is 19.0 Å². The lowest BCUT2D eigenvalue weighted by molar-refractivity contribution is 0.0910. The second-order valence-corrected chi connectivity index (χ2v) is 6.24. The standard InChI is InChI=1S/C17H26N2O/c1-12-7-5-6-8-15(12)18-17(20)14-9-10-16(19(3)4)13(2)11-14/h9-12,15H,5-8H2,1-4H3,(H,18,20). The summed E-state index contributed by atoms with van der Waals surface area (Å²) < 4.78 is 0. The summed E-state index contributed by atoms with van der Waals surface area (Å²) in [5.74, 6) is 0.659. The molecule has 20 heavy (non-hydrogen) atoms. The van der Waals surface area contributed by atoms with Gasteiger partial charge in [0.05, 0.1) is 0 Å². The van der Waals surface area contributed by atoms with E-state index in [4.69, 9.17) is 0 Å². The van der Waals surface area contributed by atoms with E-state index in [1.807, 2.05) is 32.3 Å². The van der Waals surface area contributed by atoms with Gasteiger partial charge in [0, 0.05) is 31.4 Å². The monoisotopic (exact) mass is 274 g/mol. The fourth-order valence-corrected chi connectivity index (χ4v) is 3.08. The van der Waals surface area contributed by atoms with Crippen LogP contribution in [0.3, 0.4) is 0 Å². The maximum absolute atomic E-state index is 12.4. The quantitative estimate of drug-likeness (QED) is 0.916. The smallest absolute Gasteiger partial charge is 0.251 e. The molecule has 0 radical (unpaired) electrons. The first-order valence-electron chi connectivity index (χ1n) is 7.58. The first-order chi connectivity index (χ1) is 9.49. The van der Waals surface area contributed by atoms with Gasteiger partial charge in [-0.25, -0.2) is 0 Å². The van der Waals surface area contributed by atoms with Gasteiger partial charge in [-0.05, 0) is 49.4 Å². The summed E-state index contributed by atoms with van der Waals surface area (Å²) in [4.78, 5) is 14.4. The predicted octanol–water partition coefficient (Wildman–Crippen LogP) is 3.37. The second kappa shape index (κ2) is 6.29. The topological polar surface area (TPSA) is 32.3 Å². The molecule has 0 aliphatic heterocycles. The summed E-state index contributed by atoms with van der Waals surface area (Å²) in [5, 5.41) is 3.21. The van der Waals surface area contributed by atoms with Crippen molar-refractivity contribution in [3.05, 3.63) is 29.3 Å². The van der Waals surface area contributed by atoms with Crippen LogP contribution in [0.5, 0.6) is 0 Å². The highest BCUT2D eigenvalue weighted by Crippen LogP contribution is 2.24. The average Bonchev–Trinajstić information content (AvgIpc) is 2.40. The lowest BCUT2D eigenvalue weighted by atomic mass is 9.86. The lowest BCUT2D eigenvalue weighted by Crippen LogP contribution is -2.41. The highest BCUT2D eigenvalue weighted by Gasteiger charge is 2.23. The van der Waals surface area contributed by atoms with Crippen molar-refractivity contribution < 1.29 is 4.79 Å². The Morgan fingerprint density at radius 3 is 2.55 bits per heavy atom. The number of hydrogen-bond donors (Lipinski definition) is 1. The maximum Gasteiger partial charge on any atom is 0.251 e. The zero-order chi connectivity index (χ0) is 14.7. The number of hydrogen-bond acceptors (Lipinski definition) is 2. The zero-order valence-corrected chi connectivity index (χ0v) is 13.1. The molecule has 3 heteroatoms. The minimum Gasteiger partial charge on any atom is -0.377 e. The first kappa shape index (κ1) is 14.9. The van der Waals surface area contributed by atoms with Gasteiger partial charge in [0.1, 0.15) is 0 Å². The Hall–Kier alpha value is -1.51. The Labute approximate surface area is 122 Å². The van der Waals surface area contributed by atoms with Gasteiger partial charge in [-0.3, -0.25) is 4.79 Å². The number of nitrogens with zero attached hydrogens (tertiary/aromatic N) is 1. The van der Waals surface area contributed by atoms with Crippen molar-refractivity contribution in [2.24, 2.45) is 5.92 Å². The number of carbonyl (C=O) groups excluding carboxylic acids is 1. The van der Waals surface area contributed by atoms with Gasteiger partial charge in [0.2, 0.25) is 0 Å². The molecule has 2 rings (SSSR count). The van der Waals surface area contributed by atoms with Gasteiger partial charge in [0.15, 0.2) is 0 Å². The second-order valence-electron chi connectivity index (χ2n) is 6.24. The van der Waals surface area contributed by atoms with E-state index in [1.54, 1.807) is 0 Å². The van der Waals surface area contributed by atoms with E-state index < -0.39 is 0 Å². The number of amides is 1. The highest BCUT2D eigenvalue weighted by molar-refractivity contribution is 5.95. The van der Waals surface area contributed by atoms with Crippen LogP contribution >= 0.6 is 0 Å². The number of aryl methyl sites for hydroxylation is 1. The fourth-order valence-electron chi connectivity index (χ4n) is 3.08. The molecule has 1 saturated carbocycles. The van der Waals surface area contributed by atoms with Crippen molar-refractivity contribution in [3.63, 3.8) is 0 Å². The molecule has 1 amide bonds. The molecule has 0 spiro atoms. The maximum atomic E-state index is 12.4. The molecule has 1 aliphatic rings. The number of anilines is 1. The number of carbonyl (C=O) groups is 1. The molecule has 0 aromatic heterocycles. The summed E-state index contributed by atoms with van der Waals surface area (Å²) >= 11 is 0. The molecule has 0 saturated heterocycles. The molecule has 110 valence electrons. The minimum atomic E-state index is 0.0668. The molecular weight excluding hydrogens is 248 g/mol. The molecule has 1 aromatic rings. The van der Waals surface area contributed by atoms with E-state index >= 15 is 0 Å². The Bertz CT molecular complexity index is 482. The first-order valence-corrected chi connectivity index (χ1v) is 7.58. The predicted molar refractivity (Wildman–Crippen MR) is 84.4 cm³/mol. The van der Waals surface area contributed by atoms with Crippen molar-refractivity contribution in [2.45, 2.75) is 45.6 Å². The fraction of sp³-hybridized carbons (Fsp3) is 0.588. The SMILES string of the molecule is Cc1cc(C(=O)NC2CCCCC2C)ccc1N(C)C. The van der Waals surface area contributed by atoms with Gasteiger partial charge < -0.3 is 10.2 Å². The minimum absolute atomic E-state index is 0.0668. The number of nitrogens with one attached hydrogen (secondary N) is 1. The van der Waals surface area contributed by atoms with E-state index in [0.717, 1.165) is 23.2 Å². The van der Waals surface area contributed by atoms with Crippen molar-refractivity contribution in [1.29, 1.82) is 0 Å². The van der Waals surface area contributed by atoms with Crippen molar-refractivity contribution in [3.8, 4) is 0 Å². The average molecular weight is 274 g/mol. The van der Waals surface area contributed by atoms with Gasteiger partial charge in [-0.2, -0.15) is 0 Å². The van der Waals surface area contributed by atoms with Gasteiger partial charge in [0.25, 0.3) is 5.91 Å². The van der Waals surface area contributed by atoms with Crippen LogP contribution < -0.4 is 10.2 Å². The Kier molecular flexibility index (Phi) is 4.69. The summed E-state index contributed by atoms with van der Waals surface area (Å²) in [6.07, 6.45) is 4.86. The van der Waals surface area contributed by atoms with Gasteiger partial charge >= 0.3 is 0 Å². The van der Waals surface area contributed by atoms with Crippen LogP contribution in [-0.4, -0.2) is 26.0 Å². The van der Waals surface area contributed by atoms with Crippen LogP contribution in [0.4, 0.5) is 5.69 Å². The van der Waals surface area contributed by atoms with Crippen LogP contribution in [0.15, 0.2) is 18.2 Å². The Balaban J connectivity index is 2.07. The van der Waals surface area contributed by atoms with Gasteiger partial charge in [-0.1, -0.05) is 19.8 Å². The normalized spacial score (nSPS) is 22.4. The molecule has 3 nitrogen and oxygen atoms in total. The molecule has 1 fully saturated rings. The van der Waals surface area contributed by atoms with E-state index in [2.05, 4.69) is 24.1 Å². The lowest BCUT2D eigenvalue weighted by Gasteiger charge is -2.29. The molecule has 2 atom stereocenters. The van der Waals surface area contributed by atoms with Crippen molar-refractivity contribution in [1.82, 2.24) is 5.32 Å². The number of benzene rings is 1. The van der Waals surface area contributed by atoms with E-state index in [0.29, 0.717) is 12.0 Å². The molecule has 0 bridgehead atoms. The van der Waals surface area contributed by atoms with E-state index in [1.165, 1.54) is 19.3 Å². The molecule has 2 unspecified atom stereocenters. The summed E-state index contributed by atoms with van der Waals surface area (Å²) in [7, 11) is 4.04. The summed E-state index contributed by atoms with van der Waals surface area (Å²) in [6.45, 7) is 4.29. The van der Waals surface area contributed by atoms with Crippen molar-refractivity contribution >= 4 is 11.6 Å². The zero-order valence-electron chi connectivity index (χ0n) is 13.1. The Morgan fingerprint density at radius 1 is 1.25 bits per heavy atom. The third kappa shape index (κ3) is 3.33. The van der Waals surface area contributed by atoms with Crippen LogP contribution in [-0.2, 0) is 0 Å². The summed E-state index contributed by atoms with van der Waals surface area (Å²) in [5.41, 5.74) is 3.07. The van der Waals surface area contributed by atoms with E-state index in [-0.39, 0.29) is 5.91 Å². The van der Waals surface area contributed by atoms with Gasteiger partial charge in [-0.15, -0.1) is 0 Å². The third-order valence-electron chi connectivity index (χ3n) is 4.37.